The maximum atomic E-state index is 14.1. The van der Waals surface area contributed by atoms with Gasteiger partial charge < -0.3 is 18.9 Å². The summed E-state index contributed by atoms with van der Waals surface area (Å²) in [7, 11) is -3.70. The summed E-state index contributed by atoms with van der Waals surface area (Å²) in [4.78, 5) is 10.8. The van der Waals surface area contributed by atoms with Gasteiger partial charge in [0.25, 0.3) is 0 Å². The molecule has 1 atom stereocenters. The smallest absolute Gasteiger partial charge is 0.236 e. The van der Waals surface area contributed by atoms with Gasteiger partial charge in [0.2, 0.25) is 7.37 Å². The molecule has 3 aromatic carbocycles. The van der Waals surface area contributed by atoms with E-state index in [4.69, 9.17) is 9.47 Å². The van der Waals surface area contributed by atoms with Crippen LogP contribution in [0.3, 0.4) is 0 Å². The van der Waals surface area contributed by atoms with Gasteiger partial charge in [-0.15, -0.1) is 0 Å². The van der Waals surface area contributed by atoms with Gasteiger partial charge in [-0.2, -0.15) is 0 Å². The molecule has 0 spiro atoms. The van der Waals surface area contributed by atoms with Crippen LogP contribution >= 0.6 is 14.5 Å². The number of methoxy groups -OCH3 is 2. The average molecular weight is 444 g/mol. The first-order valence-corrected chi connectivity index (χ1v) is 13.6. The molecular formula is C23H26O5P2. The highest BCUT2D eigenvalue weighted by Gasteiger charge is 2.34. The number of hydrogen-bond donors (Lipinski definition) is 1. The summed E-state index contributed by atoms with van der Waals surface area (Å²) in [6, 6.07) is 23.1. The molecule has 1 N–H and O–H groups in total. The third-order valence-corrected chi connectivity index (χ3v) is 11.5. The molecule has 0 fully saturated rings. The van der Waals surface area contributed by atoms with Gasteiger partial charge in [-0.1, -0.05) is 42.5 Å². The lowest BCUT2D eigenvalue weighted by atomic mass is 10.2. The van der Waals surface area contributed by atoms with Crippen LogP contribution in [0.2, 0.25) is 0 Å². The monoisotopic (exact) mass is 444 g/mol. The van der Waals surface area contributed by atoms with Gasteiger partial charge in [-0.05, 0) is 47.5 Å². The van der Waals surface area contributed by atoms with E-state index in [0.717, 1.165) is 11.1 Å². The second-order valence-electron chi connectivity index (χ2n) is 7.25. The van der Waals surface area contributed by atoms with E-state index in [2.05, 4.69) is 0 Å². The minimum atomic E-state index is -3.78. The quantitative estimate of drug-likeness (QED) is 0.452. The van der Waals surface area contributed by atoms with Crippen LogP contribution in [-0.2, 0) is 21.5 Å². The first-order chi connectivity index (χ1) is 14.3. The molecule has 0 aliphatic heterocycles. The van der Waals surface area contributed by atoms with Gasteiger partial charge in [-0.3, -0.25) is 4.57 Å². The minimum absolute atomic E-state index is 0.237. The van der Waals surface area contributed by atoms with Crippen molar-refractivity contribution in [2.75, 3.05) is 20.1 Å². The van der Waals surface area contributed by atoms with Crippen molar-refractivity contribution in [3.8, 4) is 11.5 Å². The molecule has 0 aliphatic carbocycles. The van der Waals surface area contributed by atoms with E-state index in [1.807, 2.05) is 48.5 Å². The Morgan fingerprint density at radius 2 is 1.13 bits per heavy atom. The standard InChI is InChI=1S/C23H26O5P2/c1-27-21-12-8-19(9-13-21)16-29(24,17-20-10-14-22(28-2)15-11-20)18-30(25,26)23-6-4-3-5-7-23/h3-15H,16-18H2,1-2H3,(H,25,26). The van der Waals surface area contributed by atoms with E-state index in [1.54, 1.807) is 44.6 Å². The van der Waals surface area contributed by atoms with Crippen molar-refractivity contribution in [3.05, 3.63) is 90.0 Å². The zero-order chi connectivity index (χ0) is 21.6. The van der Waals surface area contributed by atoms with Crippen LogP contribution in [0.4, 0.5) is 0 Å². The molecule has 0 saturated carbocycles. The fourth-order valence-electron chi connectivity index (χ4n) is 3.38. The van der Waals surface area contributed by atoms with Crippen molar-refractivity contribution >= 4 is 19.8 Å². The molecule has 0 radical (unpaired) electrons. The van der Waals surface area contributed by atoms with Crippen LogP contribution in [0, 0.1) is 0 Å². The van der Waals surface area contributed by atoms with Crippen molar-refractivity contribution in [1.29, 1.82) is 0 Å². The van der Waals surface area contributed by atoms with E-state index in [9.17, 15) is 14.0 Å². The maximum absolute atomic E-state index is 14.1. The SMILES string of the molecule is COc1ccc(CP(=O)(Cc2ccc(OC)cc2)CP(=O)(O)c2ccccc2)cc1. The van der Waals surface area contributed by atoms with E-state index in [1.165, 1.54) is 0 Å². The summed E-state index contributed by atoms with van der Waals surface area (Å²) in [6.07, 6.45) is 0.473. The first kappa shape index (κ1) is 22.4. The van der Waals surface area contributed by atoms with Gasteiger partial charge in [0.15, 0.2) is 0 Å². The van der Waals surface area contributed by atoms with Crippen LogP contribution in [0.1, 0.15) is 11.1 Å². The van der Waals surface area contributed by atoms with Gasteiger partial charge in [-0.25, -0.2) is 0 Å². The summed E-state index contributed by atoms with van der Waals surface area (Å²) in [5, 5.41) is 0.328. The Kier molecular flexibility index (Phi) is 7.20. The molecular weight excluding hydrogens is 418 g/mol. The number of hydrogen-bond acceptors (Lipinski definition) is 4. The van der Waals surface area contributed by atoms with Gasteiger partial charge in [0.05, 0.1) is 20.1 Å². The van der Waals surface area contributed by atoms with Crippen LogP contribution in [0.5, 0.6) is 11.5 Å². The summed E-state index contributed by atoms with van der Waals surface area (Å²) >= 11 is 0. The van der Waals surface area contributed by atoms with Crippen LogP contribution in [-0.4, -0.2) is 25.0 Å². The molecule has 0 saturated heterocycles. The Bertz CT molecular complexity index is 994. The largest absolute Gasteiger partial charge is 0.497 e. The normalized spacial score (nSPS) is 13.4. The highest BCUT2D eigenvalue weighted by atomic mass is 31.2. The van der Waals surface area contributed by atoms with Gasteiger partial charge in [0, 0.05) is 17.6 Å². The van der Waals surface area contributed by atoms with Crippen molar-refractivity contribution < 1.29 is 23.5 Å². The highest BCUT2D eigenvalue weighted by molar-refractivity contribution is 7.80. The Morgan fingerprint density at radius 3 is 1.53 bits per heavy atom. The maximum Gasteiger partial charge on any atom is 0.236 e. The second-order valence-corrected chi connectivity index (χ2v) is 13.0. The molecule has 0 amide bonds. The lowest BCUT2D eigenvalue weighted by Gasteiger charge is -2.22. The molecule has 0 aliphatic rings. The summed E-state index contributed by atoms with van der Waals surface area (Å²) in [5.74, 6) is 1.17. The minimum Gasteiger partial charge on any atom is -0.497 e. The molecule has 3 aromatic rings. The number of rotatable bonds is 9. The fourth-order valence-corrected chi connectivity index (χ4v) is 10.1. The molecule has 158 valence electrons. The van der Waals surface area contributed by atoms with E-state index >= 15 is 0 Å². The highest BCUT2D eigenvalue weighted by Crippen LogP contribution is 2.62. The van der Waals surface area contributed by atoms with Crippen molar-refractivity contribution in [3.63, 3.8) is 0 Å². The lowest BCUT2D eigenvalue weighted by molar-refractivity contribution is 0.414. The van der Waals surface area contributed by atoms with Crippen molar-refractivity contribution in [2.45, 2.75) is 12.3 Å². The van der Waals surface area contributed by atoms with Crippen molar-refractivity contribution in [1.82, 2.24) is 0 Å². The van der Waals surface area contributed by atoms with Gasteiger partial charge >= 0.3 is 0 Å². The molecule has 3 rings (SSSR count). The van der Waals surface area contributed by atoms with Crippen LogP contribution in [0.15, 0.2) is 78.9 Å². The molecule has 5 nitrogen and oxygen atoms in total. The molecule has 0 heterocycles. The molecule has 7 heteroatoms. The fraction of sp³-hybridized carbons (Fsp3) is 0.217. The second kappa shape index (κ2) is 9.66. The van der Waals surface area contributed by atoms with Gasteiger partial charge in [0.1, 0.15) is 18.6 Å². The molecule has 0 bridgehead atoms. The zero-order valence-corrected chi connectivity index (χ0v) is 18.9. The summed E-state index contributed by atoms with van der Waals surface area (Å²) in [5.41, 5.74) is 1.70. The molecule has 0 aromatic heterocycles. The molecule has 1 unspecified atom stereocenters. The number of ether oxygens (including phenoxy) is 2. The summed E-state index contributed by atoms with van der Waals surface area (Å²) in [6.45, 7) is 0. The molecule has 30 heavy (non-hydrogen) atoms. The lowest BCUT2D eigenvalue weighted by Crippen LogP contribution is -2.09. The van der Waals surface area contributed by atoms with Crippen LogP contribution in [0.25, 0.3) is 0 Å². The Hall–Kier alpha value is -2.32. The zero-order valence-electron chi connectivity index (χ0n) is 17.1. The predicted molar refractivity (Wildman–Crippen MR) is 122 cm³/mol. The third kappa shape index (κ3) is 5.86. The van der Waals surface area contributed by atoms with E-state index in [-0.39, 0.29) is 18.2 Å². The topological polar surface area (TPSA) is 72.8 Å². The Morgan fingerprint density at radius 1 is 0.700 bits per heavy atom. The van der Waals surface area contributed by atoms with E-state index < -0.39 is 14.5 Å². The predicted octanol–water partition coefficient (Wildman–Crippen LogP) is 5.32. The number of benzene rings is 3. The Balaban J connectivity index is 1.91. The first-order valence-electron chi connectivity index (χ1n) is 9.54. The summed E-state index contributed by atoms with van der Waals surface area (Å²) < 4.78 is 37.6. The van der Waals surface area contributed by atoms with Crippen LogP contribution < -0.4 is 14.8 Å². The Labute approximate surface area is 177 Å². The average Bonchev–Trinajstić information content (AvgIpc) is 2.75. The van der Waals surface area contributed by atoms with E-state index in [0.29, 0.717) is 16.8 Å². The third-order valence-electron chi connectivity index (χ3n) is 4.87. The van der Waals surface area contributed by atoms with Crippen molar-refractivity contribution in [2.24, 2.45) is 0 Å².